The number of aromatic carboxylic acids is 1. The highest BCUT2D eigenvalue weighted by Crippen LogP contribution is 2.51. The fourth-order valence-corrected chi connectivity index (χ4v) is 1.87. The minimum atomic E-state index is -4.77. The van der Waals surface area contributed by atoms with Gasteiger partial charge in [-0.25, -0.2) is 4.79 Å². The summed E-state index contributed by atoms with van der Waals surface area (Å²) >= 11 is 0. The summed E-state index contributed by atoms with van der Waals surface area (Å²) in [5, 5.41) is 10.9. The Bertz CT molecular complexity index is 574. The third-order valence-corrected chi connectivity index (χ3v) is 3.24. The minimum Gasteiger partial charge on any atom is -0.478 e. The van der Waals surface area contributed by atoms with Crippen LogP contribution in [0.1, 0.15) is 28.8 Å². The van der Waals surface area contributed by atoms with Gasteiger partial charge in [-0.2, -0.15) is 26.3 Å². The molecule has 0 atom stereocenters. The Morgan fingerprint density at radius 2 is 1.71 bits per heavy atom. The molecule has 1 fully saturated rings. The third-order valence-electron chi connectivity index (χ3n) is 3.24. The summed E-state index contributed by atoms with van der Waals surface area (Å²) in [6.45, 7) is 0. The van der Waals surface area contributed by atoms with Crippen molar-refractivity contribution in [2.75, 3.05) is 5.32 Å². The average molecular weight is 313 g/mol. The summed E-state index contributed by atoms with van der Waals surface area (Å²) in [5.74, 6) is -1.73. The maximum absolute atomic E-state index is 12.8. The molecule has 0 spiro atoms. The van der Waals surface area contributed by atoms with Crippen LogP contribution in [0.2, 0.25) is 0 Å². The molecule has 1 aromatic rings. The van der Waals surface area contributed by atoms with E-state index in [0.29, 0.717) is 18.2 Å². The normalized spacial score (nSPS) is 17.4. The van der Waals surface area contributed by atoms with Crippen molar-refractivity contribution < 1.29 is 36.2 Å². The number of rotatable bonds is 3. The third kappa shape index (κ3) is 2.91. The zero-order chi connectivity index (χ0) is 16.1. The fraction of sp³-hybridized carbons (Fsp3) is 0.417. The molecule has 2 rings (SSSR count). The lowest BCUT2D eigenvalue weighted by atomic mass is 10.1. The van der Waals surface area contributed by atoms with Crippen LogP contribution >= 0.6 is 0 Å². The van der Waals surface area contributed by atoms with E-state index in [2.05, 4.69) is 0 Å². The highest BCUT2D eigenvalue weighted by Gasteiger charge is 2.63. The van der Waals surface area contributed by atoms with Crippen LogP contribution < -0.4 is 5.32 Å². The second kappa shape index (κ2) is 4.54. The number of hydrogen-bond acceptors (Lipinski definition) is 2. The van der Waals surface area contributed by atoms with Gasteiger partial charge in [0.1, 0.15) is 5.54 Å². The largest absolute Gasteiger partial charge is 0.478 e. The van der Waals surface area contributed by atoms with Crippen molar-refractivity contribution in [3.05, 3.63) is 29.3 Å². The predicted molar refractivity (Wildman–Crippen MR) is 60.0 cm³/mol. The van der Waals surface area contributed by atoms with E-state index in [4.69, 9.17) is 5.11 Å². The molecule has 1 aromatic carbocycles. The summed E-state index contributed by atoms with van der Waals surface area (Å²) in [6, 6.07) is 1.57. The first-order valence-corrected chi connectivity index (χ1v) is 5.76. The van der Waals surface area contributed by atoms with Crippen molar-refractivity contribution in [3.8, 4) is 0 Å². The molecule has 9 heteroatoms. The van der Waals surface area contributed by atoms with E-state index in [0.717, 1.165) is 0 Å². The average Bonchev–Trinajstić information content (AvgIpc) is 3.08. The number of carbonyl (C=O) groups is 1. The lowest BCUT2D eigenvalue weighted by Crippen LogP contribution is -2.39. The first kappa shape index (κ1) is 15.5. The Morgan fingerprint density at radius 3 is 2.10 bits per heavy atom. The molecule has 0 unspecified atom stereocenters. The quantitative estimate of drug-likeness (QED) is 0.832. The van der Waals surface area contributed by atoms with E-state index >= 15 is 0 Å². The zero-order valence-corrected chi connectivity index (χ0v) is 10.3. The SMILES string of the molecule is O=C(O)c1cc(C(F)(F)F)ccc1NC1(C(F)(F)F)CC1. The van der Waals surface area contributed by atoms with Gasteiger partial charge in [-0.1, -0.05) is 0 Å². The summed E-state index contributed by atoms with van der Waals surface area (Å²) in [6.07, 6.45) is -9.89. The number of hydrogen-bond donors (Lipinski definition) is 2. The molecular formula is C12H9F6NO2. The van der Waals surface area contributed by atoms with Crippen LogP contribution in [0.5, 0.6) is 0 Å². The van der Waals surface area contributed by atoms with Crippen LogP contribution in [0, 0.1) is 0 Å². The molecule has 0 aliphatic heterocycles. The maximum Gasteiger partial charge on any atom is 0.416 e. The van der Waals surface area contributed by atoms with Gasteiger partial charge in [0.25, 0.3) is 0 Å². The van der Waals surface area contributed by atoms with Crippen molar-refractivity contribution in [1.82, 2.24) is 0 Å². The molecule has 21 heavy (non-hydrogen) atoms. The molecule has 2 N–H and O–H groups in total. The van der Waals surface area contributed by atoms with Gasteiger partial charge >= 0.3 is 18.3 Å². The van der Waals surface area contributed by atoms with Gasteiger partial charge in [0.15, 0.2) is 0 Å². The lowest BCUT2D eigenvalue weighted by Gasteiger charge is -2.23. The molecule has 0 amide bonds. The molecule has 1 saturated carbocycles. The van der Waals surface area contributed by atoms with Gasteiger partial charge in [0.05, 0.1) is 11.1 Å². The Hall–Kier alpha value is -1.93. The summed E-state index contributed by atoms with van der Waals surface area (Å²) in [4.78, 5) is 11.0. The maximum atomic E-state index is 12.8. The second-order valence-corrected chi connectivity index (χ2v) is 4.77. The van der Waals surface area contributed by atoms with Crippen LogP contribution in [-0.4, -0.2) is 22.8 Å². The summed E-state index contributed by atoms with van der Waals surface area (Å²) in [7, 11) is 0. The number of benzene rings is 1. The van der Waals surface area contributed by atoms with Crippen molar-refractivity contribution in [3.63, 3.8) is 0 Å². The van der Waals surface area contributed by atoms with E-state index in [9.17, 15) is 31.1 Å². The smallest absolute Gasteiger partial charge is 0.416 e. The van der Waals surface area contributed by atoms with Crippen molar-refractivity contribution in [1.29, 1.82) is 0 Å². The second-order valence-electron chi connectivity index (χ2n) is 4.77. The van der Waals surface area contributed by atoms with Crippen molar-refractivity contribution >= 4 is 11.7 Å². The van der Waals surface area contributed by atoms with E-state index < -0.39 is 40.7 Å². The van der Waals surface area contributed by atoms with Crippen LogP contribution in [0.25, 0.3) is 0 Å². The number of carboxylic acid groups (broad SMARTS) is 1. The summed E-state index contributed by atoms with van der Waals surface area (Å²) < 4.78 is 75.9. The number of halogens is 6. The van der Waals surface area contributed by atoms with Gasteiger partial charge in [-0.15, -0.1) is 0 Å². The Labute approximate surface area is 114 Å². The first-order valence-electron chi connectivity index (χ1n) is 5.76. The van der Waals surface area contributed by atoms with Gasteiger partial charge in [0, 0.05) is 5.69 Å². The summed E-state index contributed by atoms with van der Waals surface area (Å²) in [5.41, 5.74) is -4.82. The molecule has 0 bridgehead atoms. The molecule has 0 heterocycles. The first-order chi connectivity index (χ1) is 9.46. The topological polar surface area (TPSA) is 49.3 Å². The Kier molecular flexibility index (Phi) is 3.34. The van der Waals surface area contributed by atoms with E-state index in [1.165, 1.54) is 0 Å². The van der Waals surface area contributed by atoms with Gasteiger partial charge < -0.3 is 10.4 Å². The molecule has 0 aromatic heterocycles. The Morgan fingerprint density at radius 1 is 1.14 bits per heavy atom. The highest BCUT2D eigenvalue weighted by atomic mass is 19.4. The minimum absolute atomic E-state index is 0.253. The number of anilines is 1. The molecule has 1 aliphatic carbocycles. The van der Waals surface area contributed by atoms with Crippen LogP contribution in [0.3, 0.4) is 0 Å². The zero-order valence-electron chi connectivity index (χ0n) is 10.3. The molecule has 3 nitrogen and oxygen atoms in total. The Balaban J connectivity index is 2.39. The van der Waals surface area contributed by atoms with Crippen LogP contribution in [0.15, 0.2) is 18.2 Å². The lowest BCUT2D eigenvalue weighted by molar-refractivity contribution is -0.151. The molecule has 0 radical (unpaired) electrons. The van der Waals surface area contributed by atoms with Crippen molar-refractivity contribution in [2.24, 2.45) is 0 Å². The number of nitrogens with one attached hydrogen (secondary N) is 1. The monoisotopic (exact) mass is 313 g/mol. The van der Waals surface area contributed by atoms with Gasteiger partial charge in [-0.3, -0.25) is 0 Å². The number of alkyl halides is 6. The number of carboxylic acids is 1. The van der Waals surface area contributed by atoms with Crippen LogP contribution in [0.4, 0.5) is 32.0 Å². The molecule has 1 aliphatic rings. The molecular weight excluding hydrogens is 304 g/mol. The van der Waals surface area contributed by atoms with E-state index in [1.807, 2.05) is 5.32 Å². The van der Waals surface area contributed by atoms with E-state index in [-0.39, 0.29) is 12.8 Å². The molecule has 0 saturated heterocycles. The van der Waals surface area contributed by atoms with E-state index in [1.54, 1.807) is 0 Å². The highest BCUT2D eigenvalue weighted by molar-refractivity contribution is 5.94. The van der Waals surface area contributed by atoms with Gasteiger partial charge in [0.2, 0.25) is 0 Å². The van der Waals surface area contributed by atoms with Crippen LogP contribution in [-0.2, 0) is 6.18 Å². The standard InChI is InChI=1S/C12H9F6NO2/c13-11(14,15)6-1-2-8(7(5-6)9(20)21)19-10(3-4-10)12(16,17)18/h1-2,5,19H,3-4H2,(H,20,21). The predicted octanol–water partition coefficient (Wildman–Crippen LogP) is 3.91. The van der Waals surface area contributed by atoms with Crippen molar-refractivity contribution in [2.45, 2.75) is 30.7 Å². The van der Waals surface area contributed by atoms with Gasteiger partial charge in [-0.05, 0) is 31.0 Å². The fourth-order valence-electron chi connectivity index (χ4n) is 1.87. The molecule has 116 valence electrons.